The second-order valence-corrected chi connectivity index (χ2v) is 3.67. The van der Waals surface area contributed by atoms with E-state index < -0.39 is 0 Å². The zero-order chi connectivity index (χ0) is 8.69. The maximum absolute atomic E-state index is 5.45. The van der Waals surface area contributed by atoms with Gasteiger partial charge < -0.3 is 5.73 Å². The Morgan fingerprint density at radius 2 is 1.64 bits per heavy atom. The molecule has 11 heavy (non-hydrogen) atoms. The topological polar surface area (TPSA) is 26.0 Å². The second kappa shape index (κ2) is 6.66. The maximum Gasteiger partial charge on any atom is -0.00772 e. The first-order chi connectivity index (χ1) is 5.22. The Kier molecular flexibility index (Phi) is 6.63. The molecular weight excluding hydrogens is 134 g/mol. The third-order valence-electron chi connectivity index (χ3n) is 2.58. The zero-order valence-corrected chi connectivity index (χ0v) is 8.27. The molecule has 2 unspecified atom stereocenters. The smallest absolute Gasteiger partial charge is 0.00772 e. The highest BCUT2D eigenvalue weighted by Gasteiger charge is 2.09. The lowest BCUT2D eigenvalue weighted by molar-refractivity contribution is 0.336. The van der Waals surface area contributed by atoms with Crippen LogP contribution in [0.25, 0.3) is 0 Å². The number of nitrogens with two attached hydrogens (primary N) is 1. The van der Waals surface area contributed by atoms with E-state index in [0.717, 1.165) is 18.4 Å². The van der Waals surface area contributed by atoms with Crippen molar-refractivity contribution in [3.8, 4) is 0 Å². The minimum Gasteiger partial charge on any atom is -0.330 e. The van der Waals surface area contributed by atoms with Crippen LogP contribution in [0.3, 0.4) is 0 Å². The van der Waals surface area contributed by atoms with Crippen molar-refractivity contribution in [2.24, 2.45) is 17.6 Å². The minimum atomic E-state index is 0.850. The van der Waals surface area contributed by atoms with Crippen molar-refractivity contribution in [1.29, 1.82) is 0 Å². The summed E-state index contributed by atoms with van der Waals surface area (Å²) in [6.07, 6.45) is 5.17. The highest BCUT2D eigenvalue weighted by molar-refractivity contribution is 4.61. The SMILES string of the molecule is CCCC(C)C(C)CCCN. The molecular formula is C10H23N. The van der Waals surface area contributed by atoms with Crippen molar-refractivity contribution >= 4 is 0 Å². The molecule has 0 spiro atoms. The van der Waals surface area contributed by atoms with Crippen molar-refractivity contribution in [2.45, 2.75) is 46.5 Å². The molecule has 68 valence electrons. The van der Waals surface area contributed by atoms with Crippen molar-refractivity contribution in [3.63, 3.8) is 0 Å². The Hall–Kier alpha value is -0.0400. The quantitative estimate of drug-likeness (QED) is 0.630. The van der Waals surface area contributed by atoms with Gasteiger partial charge in [0.05, 0.1) is 0 Å². The highest BCUT2D eigenvalue weighted by Crippen LogP contribution is 2.20. The van der Waals surface area contributed by atoms with E-state index in [1.54, 1.807) is 0 Å². The third-order valence-corrected chi connectivity index (χ3v) is 2.58. The Labute approximate surface area is 71.4 Å². The van der Waals surface area contributed by atoms with E-state index in [2.05, 4.69) is 20.8 Å². The molecule has 0 aromatic carbocycles. The zero-order valence-electron chi connectivity index (χ0n) is 8.27. The third kappa shape index (κ3) is 5.25. The summed E-state index contributed by atoms with van der Waals surface area (Å²) < 4.78 is 0. The molecule has 1 heteroatoms. The molecule has 0 aromatic heterocycles. The van der Waals surface area contributed by atoms with Crippen LogP contribution in [-0.4, -0.2) is 6.54 Å². The Morgan fingerprint density at radius 1 is 1.09 bits per heavy atom. The van der Waals surface area contributed by atoms with Gasteiger partial charge in [0.25, 0.3) is 0 Å². The van der Waals surface area contributed by atoms with Crippen LogP contribution in [-0.2, 0) is 0 Å². The normalized spacial score (nSPS) is 16.4. The van der Waals surface area contributed by atoms with Gasteiger partial charge in [0.1, 0.15) is 0 Å². The van der Waals surface area contributed by atoms with E-state index in [1.807, 2.05) is 0 Å². The summed E-state index contributed by atoms with van der Waals surface area (Å²) in [5, 5.41) is 0. The van der Waals surface area contributed by atoms with Gasteiger partial charge in [0.2, 0.25) is 0 Å². The fraction of sp³-hybridized carbons (Fsp3) is 1.00. The number of hydrogen-bond donors (Lipinski definition) is 1. The van der Waals surface area contributed by atoms with Gasteiger partial charge in [-0.3, -0.25) is 0 Å². The Bertz CT molecular complexity index is 80.9. The van der Waals surface area contributed by atoms with Crippen LogP contribution < -0.4 is 5.73 Å². The lowest BCUT2D eigenvalue weighted by Crippen LogP contribution is -2.10. The van der Waals surface area contributed by atoms with Crippen LogP contribution in [0.15, 0.2) is 0 Å². The predicted molar refractivity (Wildman–Crippen MR) is 51.5 cm³/mol. The molecule has 0 aliphatic heterocycles. The summed E-state index contributed by atoms with van der Waals surface area (Å²) in [5.41, 5.74) is 5.45. The van der Waals surface area contributed by atoms with Crippen molar-refractivity contribution in [3.05, 3.63) is 0 Å². The van der Waals surface area contributed by atoms with Crippen LogP contribution in [0.2, 0.25) is 0 Å². The second-order valence-electron chi connectivity index (χ2n) is 3.67. The minimum absolute atomic E-state index is 0.850. The fourth-order valence-electron chi connectivity index (χ4n) is 1.46. The standard InChI is InChI=1S/C10H23N/c1-4-6-9(2)10(3)7-5-8-11/h9-10H,4-8,11H2,1-3H3. The average Bonchev–Trinajstić information content (AvgIpc) is 2.00. The predicted octanol–water partition coefficient (Wildman–Crippen LogP) is 2.80. The van der Waals surface area contributed by atoms with Crippen LogP contribution in [0, 0.1) is 11.8 Å². The molecule has 2 atom stereocenters. The molecule has 0 saturated heterocycles. The molecule has 1 nitrogen and oxygen atoms in total. The lowest BCUT2D eigenvalue weighted by atomic mass is 9.88. The molecule has 0 fully saturated rings. The van der Waals surface area contributed by atoms with Gasteiger partial charge in [-0.2, -0.15) is 0 Å². The average molecular weight is 157 g/mol. The summed E-state index contributed by atoms with van der Waals surface area (Å²) in [7, 11) is 0. The molecule has 0 heterocycles. The van der Waals surface area contributed by atoms with E-state index in [0.29, 0.717) is 0 Å². The molecule has 2 N–H and O–H groups in total. The van der Waals surface area contributed by atoms with Gasteiger partial charge in [-0.1, -0.05) is 33.6 Å². The van der Waals surface area contributed by atoms with Gasteiger partial charge in [-0.15, -0.1) is 0 Å². The van der Waals surface area contributed by atoms with Crippen molar-refractivity contribution in [2.75, 3.05) is 6.54 Å². The Balaban J connectivity index is 3.38. The summed E-state index contributed by atoms with van der Waals surface area (Å²) >= 11 is 0. The van der Waals surface area contributed by atoms with E-state index in [1.165, 1.54) is 25.7 Å². The van der Waals surface area contributed by atoms with Crippen LogP contribution in [0.5, 0.6) is 0 Å². The number of hydrogen-bond acceptors (Lipinski definition) is 1. The van der Waals surface area contributed by atoms with Gasteiger partial charge in [-0.25, -0.2) is 0 Å². The van der Waals surface area contributed by atoms with E-state index in [-0.39, 0.29) is 0 Å². The molecule has 0 radical (unpaired) electrons. The fourth-order valence-corrected chi connectivity index (χ4v) is 1.46. The molecule has 0 bridgehead atoms. The van der Waals surface area contributed by atoms with Crippen molar-refractivity contribution < 1.29 is 0 Å². The van der Waals surface area contributed by atoms with Crippen LogP contribution >= 0.6 is 0 Å². The highest BCUT2D eigenvalue weighted by atomic mass is 14.5. The summed E-state index contributed by atoms with van der Waals surface area (Å²) in [6, 6.07) is 0. The lowest BCUT2D eigenvalue weighted by Gasteiger charge is -2.18. The molecule has 0 aromatic rings. The van der Waals surface area contributed by atoms with Gasteiger partial charge in [0.15, 0.2) is 0 Å². The first-order valence-electron chi connectivity index (χ1n) is 4.92. The summed E-state index contributed by atoms with van der Waals surface area (Å²) in [6.45, 7) is 7.80. The molecule has 0 rings (SSSR count). The van der Waals surface area contributed by atoms with Crippen LogP contribution in [0.4, 0.5) is 0 Å². The van der Waals surface area contributed by atoms with E-state index in [9.17, 15) is 0 Å². The molecule has 0 saturated carbocycles. The molecule has 0 aliphatic rings. The van der Waals surface area contributed by atoms with Gasteiger partial charge in [-0.05, 0) is 31.2 Å². The van der Waals surface area contributed by atoms with Gasteiger partial charge >= 0.3 is 0 Å². The maximum atomic E-state index is 5.45. The monoisotopic (exact) mass is 157 g/mol. The van der Waals surface area contributed by atoms with Crippen molar-refractivity contribution in [1.82, 2.24) is 0 Å². The molecule has 0 amide bonds. The van der Waals surface area contributed by atoms with Crippen LogP contribution in [0.1, 0.15) is 46.5 Å². The first kappa shape index (κ1) is 11.0. The number of rotatable bonds is 6. The largest absolute Gasteiger partial charge is 0.330 e. The van der Waals surface area contributed by atoms with E-state index in [4.69, 9.17) is 5.73 Å². The Morgan fingerprint density at radius 3 is 2.09 bits per heavy atom. The molecule has 0 aliphatic carbocycles. The summed E-state index contributed by atoms with van der Waals surface area (Å²) in [5.74, 6) is 1.74. The summed E-state index contributed by atoms with van der Waals surface area (Å²) in [4.78, 5) is 0. The van der Waals surface area contributed by atoms with E-state index >= 15 is 0 Å². The van der Waals surface area contributed by atoms with Gasteiger partial charge in [0, 0.05) is 0 Å². The first-order valence-corrected chi connectivity index (χ1v) is 4.92.